The lowest BCUT2D eigenvalue weighted by Gasteiger charge is -2.09. The highest BCUT2D eigenvalue weighted by Gasteiger charge is 2.05. The van der Waals surface area contributed by atoms with Gasteiger partial charge in [0.2, 0.25) is 0 Å². The molecule has 0 fully saturated rings. The second-order valence-corrected chi connectivity index (χ2v) is 4.16. The van der Waals surface area contributed by atoms with Crippen LogP contribution in [0.25, 0.3) is 0 Å². The normalized spacial score (nSPS) is 9.85. The summed E-state index contributed by atoms with van der Waals surface area (Å²) in [6, 6.07) is 13.8. The van der Waals surface area contributed by atoms with Gasteiger partial charge in [0.1, 0.15) is 11.7 Å². The lowest BCUT2D eigenvalue weighted by Crippen LogP contribution is -2.14. The number of hydrogen-bond acceptors (Lipinski definition) is 2. The van der Waals surface area contributed by atoms with Crippen molar-refractivity contribution in [1.82, 2.24) is 0 Å². The van der Waals surface area contributed by atoms with Crippen LogP contribution in [-0.2, 0) is 18.0 Å². The fourth-order valence-corrected chi connectivity index (χ4v) is 1.80. The van der Waals surface area contributed by atoms with Crippen molar-refractivity contribution in [2.24, 2.45) is 5.73 Å². The maximum Gasteiger partial charge on any atom is 0.128 e. The molecule has 0 radical (unpaired) electrons. The lowest BCUT2D eigenvalue weighted by molar-refractivity contribution is 0.105. The minimum atomic E-state index is -0.276. The number of hydrogen-bond donors (Lipinski definition) is 2. The van der Waals surface area contributed by atoms with E-state index in [1.54, 1.807) is 24.3 Å². The molecule has 106 valence electrons. The van der Waals surface area contributed by atoms with Crippen LogP contribution in [0.3, 0.4) is 0 Å². The zero-order chi connectivity index (χ0) is 13.7. The third-order valence-electron chi connectivity index (χ3n) is 2.78. The maximum absolute atomic E-state index is 13.4. The van der Waals surface area contributed by atoms with Gasteiger partial charge in [0.05, 0.1) is 13.2 Å². The molecule has 0 unspecified atom stereocenters. The second-order valence-electron chi connectivity index (χ2n) is 4.16. The molecule has 2 aromatic rings. The first-order valence-corrected chi connectivity index (χ1v) is 5.92. The predicted molar refractivity (Wildman–Crippen MR) is 79.6 cm³/mol. The third-order valence-corrected chi connectivity index (χ3v) is 2.78. The predicted octanol–water partition coefficient (Wildman–Crippen LogP) is 3.25. The Bertz CT molecular complexity index is 590. The van der Waals surface area contributed by atoms with Crippen LogP contribution in [0.2, 0.25) is 0 Å². The molecule has 0 aliphatic heterocycles. The molecule has 3 N–H and O–H groups in total. The molecular formula is C15H16ClFN2O. The van der Waals surface area contributed by atoms with E-state index in [2.05, 4.69) is 0 Å². The second kappa shape index (κ2) is 7.62. The van der Waals surface area contributed by atoms with Gasteiger partial charge in [-0.25, -0.2) is 4.39 Å². The van der Waals surface area contributed by atoms with E-state index in [4.69, 9.17) is 15.9 Å². The largest absolute Gasteiger partial charge is 0.384 e. The number of rotatable bonds is 5. The van der Waals surface area contributed by atoms with Gasteiger partial charge in [-0.2, -0.15) is 0 Å². The average molecular weight is 295 g/mol. The van der Waals surface area contributed by atoms with Gasteiger partial charge in [0.25, 0.3) is 0 Å². The summed E-state index contributed by atoms with van der Waals surface area (Å²) >= 11 is 0. The molecule has 0 aliphatic carbocycles. The van der Waals surface area contributed by atoms with E-state index < -0.39 is 0 Å². The molecule has 0 spiro atoms. The highest BCUT2D eigenvalue weighted by Crippen LogP contribution is 2.12. The number of benzene rings is 2. The Balaban J connectivity index is 0.00000200. The summed E-state index contributed by atoms with van der Waals surface area (Å²) in [5, 5.41) is 7.47. The van der Waals surface area contributed by atoms with E-state index in [9.17, 15) is 4.39 Å². The molecule has 0 bridgehead atoms. The van der Waals surface area contributed by atoms with Crippen LogP contribution in [0.15, 0.2) is 48.5 Å². The van der Waals surface area contributed by atoms with Gasteiger partial charge in [-0.05, 0) is 11.6 Å². The fourth-order valence-electron chi connectivity index (χ4n) is 1.80. The molecule has 2 aromatic carbocycles. The van der Waals surface area contributed by atoms with E-state index in [0.717, 1.165) is 5.56 Å². The summed E-state index contributed by atoms with van der Waals surface area (Å²) in [5.41, 5.74) is 7.48. The molecule has 0 atom stereocenters. The summed E-state index contributed by atoms with van der Waals surface area (Å²) < 4.78 is 18.9. The van der Waals surface area contributed by atoms with Crippen LogP contribution in [0.4, 0.5) is 4.39 Å². The van der Waals surface area contributed by atoms with E-state index in [1.165, 1.54) is 6.07 Å². The highest BCUT2D eigenvalue weighted by atomic mass is 35.5. The molecule has 3 nitrogen and oxygen atoms in total. The van der Waals surface area contributed by atoms with Gasteiger partial charge in [0, 0.05) is 11.1 Å². The Morgan fingerprint density at radius 3 is 2.20 bits per heavy atom. The van der Waals surface area contributed by atoms with Crippen molar-refractivity contribution in [2.45, 2.75) is 13.2 Å². The summed E-state index contributed by atoms with van der Waals surface area (Å²) in [5.74, 6) is -0.271. The molecule has 0 saturated carbocycles. The minimum Gasteiger partial charge on any atom is -0.384 e. The van der Waals surface area contributed by atoms with Crippen molar-refractivity contribution in [3.8, 4) is 0 Å². The molecule has 20 heavy (non-hydrogen) atoms. The third kappa shape index (κ3) is 4.05. The first-order chi connectivity index (χ1) is 9.18. The van der Waals surface area contributed by atoms with E-state index in [1.807, 2.05) is 18.2 Å². The fraction of sp³-hybridized carbons (Fsp3) is 0.133. The monoisotopic (exact) mass is 294 g/mol. The number of nitrogens with one attached hydrogen (secondary N) is 1. The number of amidine groups is 1. The van der Waals surface area contributed by atoms with E-state index in [0.29, 0.717) is 17.7 Å². The van der Waals surface area contributed by atoms with Gasteiger partial charge < -0.3 is 10.5 Å². The van der Waals surface area contributed by atoms with Crippen molar-refractivity contribution in [3.05, 3.63) is 71.0 Å². The average Bonchev–Trinajstić information content (AvgIpc) is 2.41. The zero-order valence-corrected chi connectivity index (χ0v) is 11.6. The van der Waals surface area contributed by atoms with Gasteiger partial charge >= 0.3 is 0 Å². The van der Waals surface area contributed by atoms with Crippen molar-refractivity contribution in [2.75, 3.05) is 0 Å². The van der Waals surface area contributed by atoms with Crippen LogP contribution in [0, 0.1) is 11.2 Å². The Labute approximate surface area is 123 Å². The van der Waals surface area contributed by atoms with Crippen LogP contribution in [0.5, 0.6) is 0 Å². The summed E-state index contributed by atoms with van der Waals surface area (Å²) in [7, 11) is 0. The first kappa shape index (κ1) is 16.1. The van der Waals surface area contributed by atoms with Gasteiger partial charge in [0.15, 0.2) is 0 Å². The first-order valence-electron chi connectivity index (χ1n) is 5.92. The number of nitrogens with two attached hydrogens (primary N) is 1. The van der Waals surface area contributed by atoms with Crippen LogP contribution < -0.4 is 5.73 Å². The van der Waals surface area contributed by atoms with Gasteiger partial charge in [-0.3, -0.25) is 5.41 Å². The van der Waals surface area contributed by atoms with Crippen LogP contribution in [-0.4, -0.2) is 5.84 Å². The maximum atomic E-state index is 13.4. The van der Waals surface area contributed by atoms with Crippen molar-refractivity contribution < 1.29 is 9.13 Å². The van der Waals surface area contributed by atoms with Crippen molar-refractivity contribution in [1.29, 1.82) is 5.41 Å². The van der Waals surface area contributed by atoms with Crippen LogP contribution >= 0.6 is 12.4 Å². The smallest absolute Gasteiger partial charge is 0.128 e. The van der Waals surface area contributed by atoms with Gasteiger partial charge in [-0.15, -0.1) is 12.4 Å². The van der Waals surface area contributed by atoms with Gasteiger partial charge in [-0.1, -0.05) is 42.5 Å². The van der Waals surface area contributed by atoms with E-state index >= 15 is 0 Å². The number of nitrogen functional groups attached to an aromatic ring is 1. The molecular weight excluding hydrogens is 279 g/mol. The number of ether oxygens (including phenoxy) is 1. The molecule has 0 heterocycles. The standard InChI is InChI=1S/C15H15FN2O.ClH/c16-14-8-4-2-6-12(14)10-19-9-11-5-1-3-7-13(11)15(17)18;/h1-8H,9-10H2,(H3,17,18);1H. The SMILES string of the molecule is Cl.N=C(N)c1ccccc1COCc1ccccc1F. The summed E-state index contributed by atoms with van der Waals surface area (Å²) in [4.78, 5) is 0. The Morgan fingerprint density at radius 1 is 1.00 bits per heavy atom. The van der Waals surface area contributed by atoms with E-state index in [-0.39, 0.29) is 30.7 Å². The molecule has 5 heteroatoms. The Hall–Kier alpha value is -1.91. The molecule has 0 saturated heterocycles. The molecule has 0 aromatic heterocycles. The molecule has 0 aliphatic rings. The van der Waals surface area contributed by atoms with Crippen LogP contribution in [0.1, 0.15) is 16.7 Å². The summed E-state index contributed by atoms with van der Waals surface area (Å²) in [6.07, 6.45) is 0. The van der Waals surface area contributed by atoms with Crippen molar-refractivity contribution >= 4 is 18.2 Å². The highest BCUT2D eigenvalue weighted by molar-refractivity contribution is 5.96. The Morgan fingerprint density at radius 2 is 1.55 bits per heavy atom. The minimum absolute atomic E-state index is 0. The molecule has 0 amide bonds. The molecule has 2 rings (SSSR count). The summed E-state index contributed by atoms with van der Waals surface area (Å²) in [6.45, 7) is 0.489. The Kier molecular flexibility index (Phi) is 6.15. The lowest BCUT2D eigenvalue weighted by atomic mass is 10.1. The number of halogens is 2. The van der Waals surface area contributed by atoms with Crippen molar-refractivity contribution in [3.63, 3.8) is 0 Å². The zero-order valence-electron chi connectivity index (χ0n) is 10.8. The quantitative estimate of drug-likeness (QED) is 0.657. The topological polar surface area (TPSA) is 59.1 Å².